The fourth-order valence-corrected chi connectivity index (χ4v) is 2.97. The van der Waals surface area contributed by atoms with E-state index in [1.165, 1.54) is 18.2 Å². The molecular formula is C21H17ClFNO3. The molecule has 0 bridgehead atoms. The van der Waals surface area contributed by atoms with E-state index in [4.69, 9.17) is 16.3 Å². The largest absolute Gasteiger partial charge is 0.493 e. The summed E-state index contributed by atoms with van der Waals surface area (Å²) >= 11 is 6.05. The number of carboxylic acid groups (broad SMARTS) is 1. The van der Waals surface area contributed by atoms with Crippen LogP contribution in [0.5, 0.6) is 5.75 Å². The van der Waals surface area contributed by atoms with Gasteiger partial charge < -0.3 is 9.84 Å². The van der Waals surface area contributed by atoms with Crippen LogP contribution < -0.4 is 4.74 Å². The summed E-state index contributed by atoms with van der Waals surface area (Å²) in [4.78, 5) is 16.1. The summed E-state index contributed by atoms with van der Waals surface area (Å²) in [6, 6.07) is 14.4. The zero-order chi connectivity index (χ0) is 19.4. The molecule has 1 heterocycles. The molecule has 1 aromatic heterocycles. The summed E-state index contributed by atoms with van der Waals surface area (Å²) in [5, 5.41) is 10.0. The van der Waals surface area contributed by atoms with E-state index in [1.807, 2.05) is 6.92 Å². The fraction of sp³-hybridized carbons (Fsp3) is 0.143. The van der Waals surface area contributed by atoms with Crippen LogP contribution in [0.2, 0.25) is 5.02 Å². The van der Waals surface area contributed by atoms with Crippen LogP contribution in [0.4, 0.5) is 4.39 Å². The number of ether oxygens (including phenoxy) is 1. The Hall–Kier alpha value is -2.92. The first kappa shape index (κ1) is 18.9. The second-order valence-corrected chi connectivity index (χ2v) is 6.31. The Labute approximate surface area is 161 Å². The lowest BCUT2D eigenvalue weighted by atomic mass is 10.0. The van der Waals surface area contributed by atoms with Crippen LogP contribution in [0.1, 0.15) is 28.5 Å². The molecule has 3 rings (SSSR count). The number of benzene rings is 2. The van der Waals surface area contributed by atoms with Gasteiger partial charge in [-0.1, -0.05) is 23.7 Å². The van der Waals surface area contributed by atoms with E-state index in [-0.39, 0.29) is 17.8 Å². The molecule has 0 aliphatic carbocycles. The first-order valence-corrected chi connectivity index (χ1v) is 8.76. The van der Waals surface area contributed by atoms with Crippen LogP contribution in [0.25, 0.3) is 11.3 Å². The Kier molecular flexibility index (Phi) is 5.72. The standard InChI is InChI=1S/C21H17ClFNO3/c1-2-27-20-12-14(22)6-7-16(20)18-9-8-17(21(25)26)19(24-18)11-13-4-3-5-15(23)10-13/h3-10,12H,2,11H2,1H3,(H,25,26). The number of aromatic nitrogens is 1. The molecule has 1 N–H and O–H groups in total. The number of nitrogens with zero attached hydrogens (tertiary/aromatic N) is 1. The van der Waals surface area contributed by atoms with Crippen LogP contribution in [0.3, 0.4) is 0 Å². The number of hydrogen-bond acceptors (Lipinski definition) is 3. The third-order valence-corrected chi connectivity index (χ3v) is 4.22. The third-order valence-electron chi connectivity index (χ3n) is 3.98. The quantitative estimate of drug-likeness (QED) is 0.631. The zero-order valence-corrected chi connectivity index (χ0v) is 15.3. The van der Waals surface area contributed by atoms with Crippen molar-refractivity contribution in [2.45, 2.75) is 13.3 Å². The Morgan fingerprint density at radius 1 is 1.19 bits per heavy atom. The minimum absolute atomic E-state index is 0.0786. The Balaban J connectivity index is 2.07. The van der Waals surface area contributed by atoms with Crippen molar-refractivity contribution in [2.24, 2.45) is 0 Å². The van der Waals surface area contributed by atoms with Crippen molar-refractivity contribution in [3.63, 3.8) is 0 Å². The predicted molar refractivity (Wildman–Crippen MR) is 102 cm³/mol. The van der Waals surface area contributed by atoms with Crippen molar-refractivity contribution < 1.29 is 19.0 Å². The molecule has 0 fully saturated rings. The molecule has 4 nitrogen and oxygen atoms in total. The molecule has 138 valence electrons. The third kappa shape index (κ3) is 4.44. The predicted octanol–water partition coefficient (Wildman–Crippen LogP) is 5.23. The topological polar surface area (TPSA) is 59.4 Å². The molecule has 0 unspecified atom stereocenters. The van der Waals surface area contributed by atoms with E-state index >= 15 is 0 Å². The molecule has 0 saturated carbocycles. The molecule has 0 aliphatic rings. The van der Waals surface area contributed by atoms with Crippen LogP contribution in [-0.4, -0.2) is 22.7 Å². The molecular weight excluding hydrogens is 369 g/mol. The summed E-state index contributed by atoms with van der Waals surface area (Å²) < 4.78 is 19.1. The van der Waals surface area contributed by atoms with E-state index in [0.717, 1.165) is 0 Å². The lowest BCUT2D eigenvalue weighted by Gasteiger charge is -2.13. The van der Waals surface area contributed by atoms with Gasteiger partial charge in [-0.15, -0.1) is 0 Å². The summed E-state index contributed by atoms with van der Waals surface area (Å²) in [5.74, 6) is -0.893. The van der Waals surface area contributed by atoms with Gasteiger partial charge in [-0.2, -0.15) is 0 Å². The molecule has 0 amide bonds. The minimum Gasteiger partial charge on any atom is -0.493 e. The number of aromatic carboxylic acids is 1. The molecule has 0 atom stereocenters. The highest BCUT2D eigenvalue weighted by atomic mass is 35.5. The van der Waals surface area contributed by atoms with Gasteiger partial charge in [0, 0.05) is 17.0 Å². The maximum atomic E-state index is 13.5. The van der Waals surface area contributed by atoms with E-state index in [2.05, 4.69) is 4.98 Å². The SMILES string of the molecule is CCOc1cc(Cl)ccc1-c1ccc(C(=O)O)c(Cc2cccc(F)c2)n1. The lowest BCUT2D eigenvalue weighted by molar-refractivity contribution is 0.0695. The Bertz CT molecular complexity index is 991. The van der Waals surface area contributed by atoms with E-state index in [0.29, 0.717) is 39.9 Å². The zero-order valence-electron chi connectivity index (χ0n) is 14.6. The van der Waals surface area contributed by atoms with Gasteiger partial charge in [-0.05, 0) is 55.0 Å². The van der Waals surface area contributed by atoms with Gasteiger partial charge in [-0.3, -0.25) is 4.98 Å². The van der Waals surface area contributed by atoms with Crippen LogP contribution >= 0.6 is 11.6 Å². The lowest BCUT2D eigenvalue weighted by Crippen LogP contribution is -2.07. The van der Waals surface area contributed by atoms with Gasteiger partial charge in [0.2, 0.25) is 0 Å². The van der Waals surface area contributed by atoms with Gasteiger partial charge >= 0.3 is 5.97 Å². The van der Waals surface area contributed by atoms with Crippen molar-refractivity contribution in [2.75, 3.05) is 6.61 Å². The van der Waals surface area contributed by atoms with Crippen molar-refractivity contribution >= 4 is 17.6 Å². The molecule has 0 aliphatic heterocycles. The number of rotatable bonds is 6. The second kappa shape index (κ2) is 8.18. The molecule has 27 heavy (non-hydrogen) atoms. The molecule has 0 radical (unpaired) electrons. The summed E-state index contributed by atoms with van der Waals surface area (Å²) in [6.07, 6.45) is 0.199. The number of halogens is 2. The minimum atomic E-state index is -1.08. The molecule has 0 spiro atoms. The van der Waals surface area contributed by atoms with Crippen molar-refractivity contribution in [3.05, 3.63) is 82.3 Å². The molecule has 3 aromatic rings. The number of carboxylic acids is 1. The monoisotopic (exact) mass is 385 g/mol. The normalized spacial score (nSPS) is 10.6. The van der Waals surface area contributed by atoms with Crippen molar-refractivity contribution in [3.8, 4) is 17.0 Å². The highest BCUT2D eigenvalue weighted by Gasteiger charge is 2.16. The van der Waals surface area contributed by atoms with Crippen LogP contribution in [0.15, 0.2) is 54.6 Å². The highest BCUT2D eigenvalue weighted by molar-refractivity contribution is 6.30. The first-order valence-electron chi connectivity index (χ1n) is 8.38. The maximum absolute atomic E-state index is 13.5. The smallest absolute Gasteiger partial charge is 0.337 e. The average molecular weight is 386 g/mol. The summed E-state index contributed by atoms with van der Waals surface area (Å²) in [6.45, 7) is 2.32. The highest BCUT2D eigenvalue weighted by Crippen LogP contribution is 2.32. The fourth-order valence-electron chi connectivity index (χ4n) is 2.80. The van der Waals surface area contributed by atoms with E-state index in [9.17, 15) is 14.3 Å². The van der Waals surface area contributed by atoms with Gasteiger partial charge in [0.05, 0.1) is 23.6 Å². The van der Waals surface area contributed by atoms with Crippen molar-refractivity contribution in [1.29, 1.82) is 0 Å². The van der Waals surface area contributed by atoms with Gasteiger partial charge in [0.15, 0.2) is 0 Å². The van der Waals surface area contributed by atoms with E-state index < -0.39 is 5.97 Å². The van der Waals surface area contributed by atoms with Crippen LogP contribution in [0, 0.1) is 5.82 Å². The molecule has 2 aromatic carbocycles. The maximum Gasteiger partial charge on any atom is 0.337 e. The van der Waals surface area contributed by atoms with Crippen molar-refractivity contribution in [1.82, 2.24) is 4.98 Å². The second-order valence-electron chi connectivity index (χ2n) is 5.88. The summed E-state index contributed by atoms with van der Waals surface area (Å²) in [5.41, 5.74) is 2.34. The van der Waals surface area contributed by atoms with Gasteiger partial charge in [-0.25, -0.2) is 9.18 Å². The molecule has 6 heteroatoms. The van der Waals surface area contributed by atoms with Gasteiger partial charge in [0.1, 0.15) is 11.6 Å². The Morgan fingerprint density at radius 3 is 2.70 bits per heavy atom. The Morgan fingerprint density at radius 2 is 2.00 bits per heavy atom. The van der Waals surface area contributed by atoms with E-state index in [1.54, 1.807) is 36.4 Å². The average Bonchev–Trinajstić information content (AvgIpc) is 2.62. The first-order chi connectivity index (χ1) is 13.0. The number of pyridine rings is 1. The summed E-state index contributed by atoms with van der Waals surface area (Å²) in [7, 11) is 0. The number of carbonyl (C=O) groups is 1. The van der Waals surface area contributed by atoms with Gasteiger partial charge in [0.25, 0.3) is 0 Å². The molecule has 0 saturated heterocycles. The van der Waals surface area contributed by atoms with Crippen LogP contribution in [-0.2, 0) is 6.42 Å². The number of hydrogen-bond donors (Lipinski definition) is 1.